The van der Waals surface area contributed by atoms with Crippen molar-refractivity contribution in [1.82, 2.24) is 9.88 Å². The quantitative estimate of drug-likeness (QED) is 0.920. The number of nitrogens with two attached hydrogens (primary N) is 1. The highest BCUT2D eigenvalue weighted by Crippen LogP contribution is 2.30. The first-order valence-corrected chi connectivity index (χ1v) is 7.59. The van der Waals surface area contributed by atoms with Gasteiger partial charge in [0.2, 0.25) is 0 Å². The smallest absolute Gasteiger partial charge is 0.256 e. The summed E-state index contributed by atoms with van der Waals surface area (Å²) < 4.78 is 0. The second-order valence-electron chi connectivity index (χ2n) is 5.80. The van der Waals surface area contributed by atoms with E-state index in [0.717, 1.165) is 30.0 Å². The zero-order valence-corrected chi connectivity index (χ0v) is 12.5. The van der Waals surface area contributed by atoms with E-state index in [9.17, 15) is 4.79 Å². The number of anilines is 1. The van der Waals surface area contributed by atoms with Crippen LogP contribution in [0.2, 0.25) is 0 Å². The van der Waals surface area contributed by atoms with Gasteiger partial charge < -0.3 is 10.6 Å². The van der Waals surface area contributed by atoms with Crippen LogP contribution in [-0.4, -0.2) is 27.9 Å². The van der Waals surface area contributed by atoms with Crippen LogP contribution in [0.15, 0.2) is 30.5 Å². The van der Waals surface area contributed by atoms with Crippen molar-refractivity contribution in [1.29, 1.82) is 0 Å². The summed E-state index contributed by atoms with van der Waals surface area (Å²) in [7, 11) is 0. The van der Waals surface area contributed by atoms with E-state index in [4.69, 9.17) is 5.73 Å². The molecule has 2 heterocycles. The highest BCUT2D eigenvalue weighted by atomic mass is 16.2. The Morgan fingerprint density at radius 2 is 2.05 bits per heavy atom. The van der Waals surface area contributed by atoms with Crippen molar-refractivity contribution in [3.8, 4) is 0 Å². The van der Waals surface area contributed by atoms with E-state index in [2.05, 4.69) is 18.8 Å². The Kier molecular flexibility index (Phi) is 3.53. The van der Waals surface area contributed by atoms with Crippen molar-refractivity contribution < 1.29 is 4.79 Å². The van der Waals surface area contributed by atoms with Crippen molar-refractivity contribution in [2.75, 3.05) is 5.73 Å². The van der Waals surface area contributed by atoms with E-state index in [1.807, 2.05) is 29.2 Å². The number of pyridine rings is 1. The van der Waals surface area contributed by atoms with Crippen LogP contribution in [0.25, 0.3) is 10.8 Å². The predicted octanol–water partition coefficient (Wildman–Crippen LogP) is 3.22. The van der Waals surface area contributed by atoms with Gasteiger partial charge in [-0.05, 0) is 31.6 Å². The fraction of sp³-hybridized carbons (Fsp3) is 0.412. The molecule has 4 nitrogen and oxygen atoms in total. The van der Waals surface area contributed by atoms with Crippen LogP contribution in [-0.2, 0) is 0 Å². The Morgan fingerprint density at radius 1 is 1.33 bits per heavy atom. The Hall–Kier alpha value is -2.10. The molecule has 1 aliphatic heterocycles. The minimum atomic E-state index is 0.0792. The number of aromatic nitrogens is 1. The summed E-state index contributed by atoms with van der Waals surface area (Å²) in [5, 5.41) is 1.74. The number of nitrogen functional groups attached to an aromatic ring is 1. The Morgan fingerprint density at radius 3 is 2.76 bits per heavy atom. The van der Waals surface area contributed by atoms with E-state index < -0.39 is 0 Å². The SMILES string of the molecule is CCC1CCC(C)N1C(=O)c1cnc(N)c2ccccc12. The van der Waals surface area contributed by atoms with E-state index in [0.29, 0.717) is 23.5 Å². The van der Waals surface area contributed by atoms with Gasteiger partial charge in [-0.15, -0.1) is 0 Å². The van der Waals surface area contributed by atoms with Gasteiger partial charge in [-0.25, -0.2) is 4.98 Å². The number of amides is 1. The number of hydrogen-bond donors (Lipinski definition) is 1. The molecule has 2 aromatic rings. The molecule has 110 valence electrons. The lowest BCUT2D eigenvalue weighted by Crippen LogP contribution is -2.39. The molecule has 0 spiro atoms. The van der Waals surface area contributed by atoms with Crippen LogP contribution < -0.4 is 5.73 Å². The van der Waals surface area contributed by atoms with Gasteiger partial charge in [-0.1, -0.05) is 31.2 Å². The number of nitrogens with zero attached hydrogens (tertiary/aromatic N) is 2. The molecule has 4 heteroatoms. The lowest BCUT2D eigenvalue weighted by Gasteiger charge is -2.28. The zero-order chi connectivity index (χ0) is 15.0. The molecule has 1 amide bonds. The van der Waals surface area contributed by atoms with Gasteiger partial charge in [-0.3, -0.25) is 4.79 Å². The number of benzene rings is 1. The Bertz CT molecular complexity index is 683. The van der Waals surface area contributed by atoms with Gasteiger partial charge in [0.1, 0.15) is 5.82 Å². The van der Waals surface area contributed by atoms with Crippen LogP contribution in [0, 0.1) is 0 Å². The second kappa shape index (κ2) is 5.35. The first kappa shape index (κ1) is 13.9. The van der Waals surface area contributed by atoms with E-state index in [1.54, 1.807) is 6.20 Å². The third kappa shape index (κ3) is 2.24. The van der Waals surface area contributed by atoms with Crippen LogP contribution in [0.1, 0.15) is 43.5 Å². The van der Waals surface area contributed by atoms with E-state index in [-0.39, 0.29) is 5.91 Å². The first-order chi connectivity index (χ1) is 10.1. The summed E-state index contributed by atoms with van der Waals surface area (Å²) in [5.41, 5.74) is 6.58. The van der Waals surface area contributed by atoms with Gasteiger partial charge in [0.05, 0.1) is 5.56 Å². The molecule has 3 rings (SSSR count). The average Bonchev–Trinajstić information content (AvgIpc) is 2.88. The number of carbonyl (C=O) groups is 1. The third-order valence-electron chi connectivity index (χ3n) is 4.55. The monoisotopic (exact) mass is 283 g/mol. The number of rotatable bonds is 2. The van der Waals surface area contributed by atoms with Gasteiger partial charge in [0.15, 0.2) is 0 Å². The molecule has 2 unspecified atom stereocenters. The molecular formula is C17H21N3O. The molecular weight excluding hydrogens is 262 g/mol. The normalized spacial score (nSPS) is 21.9. The van der Waals surface area contributed by atoms with Crippen molar-refractivity contribution >= 4 is 22.5 Å². The zero-order valence-electron chi connectivity index (χ0n) is 12.5. The topological polar surface area (TPSA) is 59.2 Å². The van der Waals surface area contributed by atoms with Gasteiger partial charge in [0.25, 0.3) is 5.91 Å². The molecule has 2 N–H and O–H groups in total. The summed E-state index contributed by atoms with van der Waals surface area (Å²) in [6.45, 7) is 4.27. The van der Waals surface area contributed by atoms with Crippen LogP contribution in [0.4, 0.5) is 5.82 Å². The van der Waals surface area contributed by atoms with Crippen molar-refractivity contribution in [3.63, 3.8) is 0 Å². The minimum Gasteiger partial charge on any atom is -0.383 e. The maximum absolute atomic E-state index is 13.0. The summed E-state index contributed by atoms with van der Waals surface area (Å²) >= 11 is 0. The molecule has 0 saturated carbocycles. The maximum atomic E-state index is 13.0. The molecule has 1 saturated heterocycles. The van der Waals surface area contributed by atoms with Crippen LogP contribution in [0.5, 0.6) is 0 Å². The maximum Gasteiger partial charge on any atom is 0.256 e. The lowest BCUT2D eigenvalue weighted by molar-refractivity contribution is 0.0678. The predicted molar refractivity (Wildman–Crippen MR) is 85.1 cm³/mol. The summed E-state index contributed by atoms with van der Waals surface area (Å²) in [4.78, 5) is 19.2. The standard InChI is InChI=1S/C17H21N3O/c1-3-12-9-8-11(2)20(12)17(21)15-10-19-16(18)14-7-5-4-6-13(14)15/h4-7,10-12H,3,8-9H2,1-2H3,(H2,18,19). The van der Waals surface area contributed by atoms with Gasteiger partial charge in [-0.2, -0.15) is 0 Å². The van der Waals surface area contributed by atoms with Crippen LogP contribution in [0.3, 0.4) is 0 Å². The van der Waals surface area contributed by atoms with E-state index >= 15 is 0 Å². The fourth-order valence-electron chi connectivity index (χ4n) is 3.36. The first-order valence-electron chi connectivity index (χ1n) is 7.59. The average molecular weight is 283 g/mol. The number of hydrogen-bond acceptors (Lipinski definition) is 3. The summed E-state index contributed by atoms with van der Waals surface area (Å²) in [6, 6.07) is 8.34. The molecule has 1 fully saturated rings. The van der Waals surface area contributed by atoms with Crippen molar-refractivity contribution in [2.24, 2.45) is 0 Å². The Balaban J connectivity index is 2.08. The molecule has 21 heavy (non-hydrogen) atoms. The van der Waals surface area contributed by atoms with Crippen LogP contribution >= 0.6 is 0 Å². The van der Waals surface area contributed by atoms with Crippen molar-refractivity contribution in [2.45, 2.75) is 45.2 Å². The number of fused-ring (bicyclic) bond motifs is 1. The molecule has 0 radical (unpaired) electrons. The number of likely N-dealkylation sites (tertiary alicyclic amines) is 1. The molecule has 1 aromatic heterocycles. The van der Waals surface area contributed by atoms with Gasteiger partial charge >= 0.3 is 0 Å². The van der Waals surface area contributed by atoms with E-state index in [1.165, 1.54) is 0 Å². The minimum absolute atomic E-state index is 0.0792. The number of carbonyl (C=O) groups excluding carboxylic acids is 1. The van der Waals surface area contributed by atoms with Crippen molar-refractivity contribution in [3.05, 3.63) is 36.0 Å². The molecule has 2 atom stereocenters. The Labute approximate surface area is 125 Å². The summed E-state index contributed by atoms with van der Waals surface area (Å²) in [5.74, 6) is 0.555. The largest absolute Gasteiger partial charge is 0.383 e. The molecule has 0 bridgehead atoms. The molecule has 0 aliphatic carbocycles. The van der Waals surface area contributed by atoms with Gasteiger partial charge in [0, 0.05) is 23.7 Å². The second-order valence-corrected chi connectivity index (χ2v) is 5.80. The highest BCUT2D eigenvalue weighted by Gasteiger charge is 2.34. The molecule has 1 aromatic carbocycles. The third-order valence-corrected chi connectivity index (χ3v) is 4.55. The molecule has 1 aliphatic rings. The summed E-state index contributed by atoms with van der Waals surface area (Å²) in [6.07, 6.45) is 4.78. The highest BCUT2D eigenvalue weighted by molar-refractivity contribution is 6.09. The fourth-order valence-corrected chi connectivity index (χ4v) is 3.36. The lowest BCUT2D eigenvalue weighted by atomic mass is 10.0.